The second-order valence-electron chi connectivity index (χ2n) is 11.0. The summed E-state index contributed by atoms with van der Waals surface area (Å²) < 4.78 is 0. The molecule has 3 N–H and O–H groups in total. The maximum Gasteiger partial charge on any atom is 0.0340 e. The molecule has 1 saturated heterocycles. The van der Waals surface area contributed by atoms with Gasteiger partial charge in [-0.25, -0.2) is 0 Å². The highest BCUT2D eigenvalue weighted by Crippen LogP contribution is 2.44. The third-order valence-corrected chi connectivity index (χ3v) is 8.71. The van der Waals surface area contributed by atoms with Crippen LogP contribution < -0.4 is 11.1 Å². The lowest BCUT2D eigenvalue weighted by Crippen LogP contribution is -2.44. The maximum absolute atomic E-state index is 6.13. The third-order valence-electron chi connectivity index (χ3n) is 8.71. The molecule has 0 unspecified atom stereocenters. The minimum absolute atomic E-state index is 0.488. The molecule has 4 rings (SSSR count). The number of nitrogens with zero attached hydrogens (tertiary/aromatic N) is 1. The van der Waals surface area contributed by atoms with Crippen molar-refractivity contribution in [1.82, 2.24) is 4.90 Å². The van der Waals surface area contributed by atoms with Crippen molar-refractivity contribution in [3.63, 3.8) is 0 Å². The number of anilines is 1. The molecule has 2 saturated carbocycles. The Hall–Kier alpha value is -1.06. The number of rotatable bonds is 7. The van der Waals surface area contributed by atoms with Gasteiger partial charge in [-0.15, -0.1) is 0 Å². The molecule has 168 valence electrons. The third kappa shape index (κ3) is 6.23. The van der Waals surface area contributed by atoms with Crippen LogP contribution in [0.25, 0.3) is 0 Å². The lowest BCUT2D eigenvalue weighted by Gasteiger charge is -2.45. The van der Waals surface area contributed by atoms with Gasteiger partial charge in [-0.3, -0.25) is 0 Å². The fraction of sp³-hybridized carbons (Fsp3) is 0.778. The summed E-state index contributed by atoms with van der Waals surface area (Å²) in [5.74, 6) is 1.85. The van der Waals surface area contributed by atoms with Crippen LogP contribution in [0.15, 0.2) is 24.3 Å². The van der Waals surface area contributed by atoms with E-state index in [-0.39, 0.29) is 0 Å². The summed E-state index contributed by atoms with van der Waals surface area (Å²) >= 11 is 0. The number of nitrogens with one attached hydrogen (secondary N) is 1. The van der Waals surface area contributed by atoms with E-state index in [1.54, 1.807) is 0 Å². The van der Waals surface area contributed by atoms with Crippen LogP contribution in [0.5, 0.6) is 0 Å². The van der Waals surface area contributed by atoms with Gasteiger partial charge in [0.05, 0.1) is 0 Å². The van der Waals surface area contributed by atoms with E-state index in [4.69, 9.17) is 5.73 Å². The van der Waals surface area contributed by atoms with Crippen LogP contribution >= 0.6 is 0 Å². The Morgan fingerprint density at radius 3 is 2.20 bits per heavy atom. The smallest absolute Gasteiger partial charge is 0.0340 e. The highest BCUT2D eigenvalue weighted by atomic mass is 15.1. The molecule has 0 amide bonds. The SMILES string of the molecule is Cc1ccc(NCC2CCC(CCCN3CCC4(CCC(N)CC4)CC3)CC2)cc1. The lowest BCUT2D eigenvalue weighted by molar-refractivity contribution is 0.0611. The Bertz CT molecular complexity index is 614. The first kappa shape index (κ1) is 22.1. The molecule has 3 aliphatic rings. The fourth-order valence-electron chi connectivity index (χ4n) is 6.26. The quantitative estimate of drug-likeness (QED) is 0.580. The summed E-state index contributed by atoms with van der Waals surface area (Å²) in [6, 6.07) is 9.32. The first-order valence-corrected chi connectivity index (χ1v) is 12.9. The Balaban J connectivity index is 1.07. The molecule has 0 aromatic heterocycles. The molecular weight excluding hydrogens is 366 g/mol. The average molecular weight is 412 g/mol. The minimum Gasteiger partial charge on any atom is -0.385 e. The van der Waals surface area contributed by atoms with Gasteiger partial charge in [0, 0.05) is 18.3 Å². The fourth-order valence-corrected chi connectivity index (χ4v) is 6.26. The molecule has 0 atom stereocenters. The van der Waals surface area contributed by atoms with Crippen molar-refractivity contribution in [3.8, 4) is 0 Å². The molecule has 2 aliphatic carbocycles. The molecule has 3 fully saturated rings. The van der Waals surface area contributed by atoms with Gasteiger partial charge in [-0.2, -0.15) is 0 Å². The van der Waals surface area contributed by atoms with Gasteiger partial charge < -0.3 is 16.0 Å². The van der Waals surface area contributed by atoms with Crippen molar-refractivity contribution in [1.29, 1.82) is 0 Å². The van der Waals surface area contributed by atoms with E-state index in [2.05, 4.69) is 41.4 Å². The lowest BCUT2D eigenvalue weighted by atomic mass is 9.67. The summed E-state index contributed by atoms with van der Waals surface area (Å²) in [5, 5.41) is 3.66. The van der Waals surface area contributed by atoms with Crippen molar-refractivity contribution < 1.29 is 0 Å². The van der Waals surface area contributed by atoms with E-state index >= 15 is 0 Å². The summed E-state index contributed by atoms with van der Waals surface area (Å²) in [5.41, 5.74) is 9.41. The highest BCUT2D eigenvalue weighted by Gasteiger charge is 2.37. The van der Waals surface area contributed by atoms with Crippen molar-refractivity contribution in [2.24, 2.45) is 23.0 Å². The molecule has 1 aliphatic heterocycles. The Kier molecular flexibility index (Phi) is 7.75. The first-order valence-electron chi connectivity index (χ1n) is 12.9. The number of aryl methyl sites for hydroxylation is 1. The van der Waals surface area contributed by atoms with Crippen LogP contribution in [0.3, 0.4) is 0 Å². The van der Waals surface area contributed by atoms with Crippen molar-refractivity contribution in [3.05, 3.63) is 29.8 Å². The van der Waals surface area contributed by atoms with Crippen LogP contribution in [0.2, 0.25) is 0 Å². The summed E-state index contributed by atoms with van der Waals surface area (Å²) in [6.45, 7) is 7.32. The van der Waals surface area contributed by atoms with Gasteiger partial charge in [-0.05, 0) is 120 Å². The zero-order valence-electron chi connectivity index (χ0n) is 19.4. The predicted octanol–water partition coefficient (Wildman–Crippen LogP) is 5.98. The molecule has 30 heavy (non-hydrogen) atoms. The van der Waals surface area contributed by atoms with Gasteiger partial charge in [0.15, 0.2) is 0 Å². The zero-order valence-corrected chi connectivity index (χ0v) is 19.4. The Morgan fingerprint density at radius 2 is 1.53 bits per heavy atom. The van der Waals surface area contributed by atoms with E-state index < -0.39 is 0 Å². The van der Waals surface area contributed by atoms with Crippen LogP contribution in [-0.4, -0.2) is 37.1 Å². The van der Waals surface area contributed by atoms with Gasteiger partial charge in [0.2, 0.25) is 0 Å². The number of hydrogen-bond donors (Lipinski definition) is 2. The largest absolute Gasteiger partial charge is 0.385 e. The maximum atomic E-state index is 6.13. The summed E-state index contributed by atoms with van der Waals surface area (Å²) in [7, 11) is 0. The second-order valence-corrected chi connectivity index (χ2v) is 11.0. The standard InChI is InChI=1S/C27H45N3/c1-22-4-10-26(11-5-22)29-21-24-8-6-23(7-9-24)3-2-18-30-19-16-27(17-20-30)14-12-25(28)13-15-27/h4-5,10-11,23-25,29H,2-3,6-9,12-21,28H2,1H3. The predicted molar refractivity (Wildman–Crippen MR) is 129 cm³/mol. The summed E-state index contributed by atoms with van der Waals surface area (Å²) in [6.07, 6.45) is 16.8. The average Bonchev–Trinajstić information content (AvgIpc) is 2.78. The van der Waals surface area contributed by atoms with Crippen LogP contribution in [0, 0.1) is 24.2 Å². The number of piperidine rings is 1. The van der Waals surface area contributed by atoms with Crippen molar-refractivity contribution >= 4 is 5.69 Å². The van der Waals surface area contributed by atoms with E-state index in [1.165, 1.54) is 108 Å². The molecule has 0 radical (unpaired) electrons. The molecule has 1 aromatic carbocycles. The molecule has 1 spiro atoms. The van der Waals surface area contributed by atoms with Gasteiger partial charge >= 0.3 is 0 Å². The first-order chi connectivity index (χ1) is 14.6. The molecule has 0 bridgehead atoms. The molecular formula is C27H45N3. The number of nitrogens with two attached hydrogens (primary N) is 1. The molecule has 3 nitrogen and oxygen atoms in total. The van der Waals surface area contributed by atoms with Crippen molar-refractivity contribution in [2.45, 2.75) is 90.0 Å². The van der Waals surface area contributed by atoms with E-state index in [1.807, 2.05) is 0 Å². The van der Waals surface area contributed by atoms with E-state index in [0.29, 0.717) is 11.5 Å². The van der Waals surface area contributed by atoms with Gasteiger partial charge in [0.25, 0.3) is 0 Å². The normalized spacial score (nSPS) is 27.9. The number of hydrogen-bond acceptors (Lipinski definition) is 3. The van der Waals surface area contributed by atoms with Crippen molar-refractivity contribution in [2.75, 3.05) is 31.5 Å². The van der Waals surface area contributed by atoms with E-state index in [9.17, 15) is 0 Å². The van der Waals surface area contributed by atoms with Crippen LogP contribution in [0.1, 0.15) is 82.6 Å². The van der Waals surface area contributed by atoms with Crippen LogP contribution in [0.4, 0.5) is 5.69 Å². The highest BCUT2D eigenvalue weighted by molar-refractivity contribution is 5.44. The zero-order chi connectivity index (χ0) is 20.8. The van der Waals surface area contributed by atoms with Crippen LogP contribution in [-0.2, 0) is 0 Å². The number of benzene rings is 1. The van der Waals surface area contributed by atoms with Gasteiger partial charge in [0.1, 0.15) is 0 Å². The van der Waals surface area contributed by atoms with E-state index in [0.717, 1.165) is 18.4 Å². The molecule has 1 heterocycles. The van der Waals surface area contributed by atoms with Gasteiger partial charge in [-0.1, -0.05) is 30.5 Å². The minimum atomic E-state index is 0.488. The Labute approximate surface area is 185 Å². The topological polar surface area (TPSA) is 41.3 Å². The second kappa shape index (κ2) is 10.5. The summed E-state index contributed by atoms with van der Waals surface area (Å²) in [4.78, 5) is 2.76. The molecule has 3 heteroatoms. The monoisotopic (exact) mass is 411 g/mol. The Morgan fingerprint density at radius 1 is 0.900 bits per heavy atom. The number of likely N-dealkylation sites (tertiary alicyclic amines) is 1. The molecule has 1 aromatic rings.